The Labute approximate surface area is 452 Å². The van der Waals surface area contributed by atoms with Crippen LogP contribution in [0.2, 0.25) is 0 Å². The molecule has 0 spiro atoms. The quantitative estimate of drug-likeness (QED) is 0.0375. The molecule has 0 bridgehead atoms. The fourth-order valence-corrected chi connectivity index (χ4v) is 9.43. The minimum absolute atomic E-state index is 0. The number of halogens is 2. The van der Waals surface area contributed by atoms with Gasteiger partial charge in [0.15, 0.2) is 49.6 Å². The summed E-state index contributed by atoms with van der Waals surface area (Å²) < 4.78 is 222. The minimum Gasteiger partial charge on any atom is -1.00 e. The normalized spacial score (nSPS) is 37.6. The number of aliphatic carboxylic acids is 2. The van der Waals surface area contributed by atoms with Gasteiger partial charge in [0.05, 0.1) is 13.2 Å². The second kappa shape index (κ2) is 27.3. The number of carbonyl (C=O) groups excluding carboxylic acids is 1. The summed E-state index contributed by atoms with van der Waals surface area (Å²) in [7, 11) is -29.1. The first-order valence-electron chi connectivity index (χ1n) is 18.5. The molecular formula is C26H42CaCl2N2O37S5. The van der Waals surface area contributed by atoms with Gasteiger partial charge in [-0.2, -0.15) is 46.8 Å². The maximum atomic E-state index is 12.7. The van der Waals surface area contributed by atoms with Crippen molar-refractivity contribution in [2.24, 2.45) is 0 Å². The van der Waals surface area contributed by atoms with Crippen LogP contribution >= 0.6 is 0 Å². The van der Waals surface area contributed by atoms with Crippen molar-refractivity contribution in [3.63, 3.8) is 0 Å². The van der Waals surface area contributed by atoms with E-state index in [0.29, 0.717) is 0 Å². The number of ether oxygens (including phenoxy) is 7. The first-order valence-corrected chi connectivity index (χ1v) is 25.4. The van der Waals surface area contributed by atoms with Crippen LogP contribution in [0.25, 0.3) is 0 Å². The van der Waals surface area contributed by atoms with Gasteiger partial charge in [-0.3, -0.25) is 27.6 Å². The fraction of sp³-hybridized carbons (Fsp3) is 0.885. The van der Waals surface area contributed by atoms with Gasteiger partial charge in [0.2, 0.25) is 5.91 Å². The van der Waals surface area contributed by atoms with Crippen molar-refractivity contribution in [1.29, 1.82) is 0 Å². The molecule has 4 aliphatic rings. The molecule has 47 heteroatoms. The van der Waals surface area contributed by atoms with Crippen molar-refractivity contribution < 1.29 is 195 Å². The summed E-state index contributed by atoms with van der Waals surface area (Å²) >= 11 is 0. The van der Waals surface area contributed by atoms with Gasteiger partial charge < -0.3 is 104 Å². The first-order chi connectivity index (χ1) is 31.8. The van der Waals surface area contributed by atoms with E-state index in [1.54, 1.807) is 0 Å². The number of hydrogen-bond acceptors (Lipinski definition) is 30. The van der Waals surface area contributed by atoms with E-state index >= 15 is 0 Å². The predicted octanol–water partition coefficient (Wildman–Crippen LogP) is -17.1. The number of amides is 1. The zero-order valence-electron chi connectivity index (χ0n) is 35.6. The maximum Gasteiger partial charge on any atom is 2.00 e. The second-order valence-corrected chi connectivity index (χ2v) is 20.0. The van der Waals surface area contributed by atoms with Crippen molar-refractivity contribution >= 4 is 107 Å². The van der Waals surface area contributed by atoms with Crippen LogP contribution in [0.15, 0.2) is 0 Å². The number of aliphatic hydroxyl groups is 6. The van der Waals surface area contributed by atoms with Crippen molar-refractivity contribution in [1.82, 2.24) is 10.0 Å². The third kappa shape index (κ3) is 19.7. The number of rotatable bonds is 21. The molecule has 4 heterocycles. The van der Waals surface area contributed by atoms with Crippen molar-refractivity contribution in [3.8, 4) is 0 Å². The van der Waals surface area contributed by atoms with Crippen LogP contribution in [0.1, 0.15) is 6.92 Å². The van der Waals surface area contributed by atoms with Crippen LogP contribution in [0.3, 0.4) is 0 Å². The van der Waals surface area contributed by atoms with Gasteiger partial charge in [-0.25, -0.2) is 26.3 Å². The van der Waals surface area contributed by atoms with Crippen molar-refractivity contribution in [2.45, 2.75) is 130 Å². The van der Waals surface area contributed by atoms with Crippen LogP contribution in [0, 0.1) is 0 Å². The average molecular weight is 1250 g/mol. The Morgan fingerprint density at radius 3 is 1.41 bits per heavy atom. The summed E-state index contributed by atoms with van der Waals surface area (Å²) in [5.74, 6) is -5.49. The number of carbonyl (C=O) groups is 3. The minimum atomic E-state index is -6.09. The van der Waals surface area contributed by atoms with Gasteiger partial charge in [-0.05, 0) is 0 Å². The molecule has 0 saturated carbocycles. The molecule has 0 aromatic carbocycles. The molecule has 0 radical (unpaired) electrons. The Morgan fingerprint density at radius 2 is 0.973 bits per heavy atom. The Kier molecular flexibility index (Phi) is 26.2. The van der Waals surface area contributed by atoms with Crippen molar-refractivity contribution in [2.75, 3.05) is 13.2 Å². The third-order valence-corrected chi connectivity index (χ3v) is 12.1. The molecule has 424 valence electrons. The summed E-state index contributed by atoms with van der Waals surface area (Å²) in [6.07, 6.45) is -49.1. The van der Waals surface area contributed by atoms with Gasteiger partial charge >= 0.3 is 102 Å². The number of aliphatic hydroxyl groups excluding tert-OH is 6. The summed E-state index contributed by atoms with van der Waals surface area (Å²) in [5, 5.41) is 86.0. The van der Waals surface area contributed by atoms with E-state index in [-0.39, 0.29) is 62.6 Å². The molecule has 0 aromatic rings. The number of nitrogens with one attached hydrogen (secondary N) is 2. The molecule has 4 rings (SSSR count). The summed E-state index contributed by atoms with van der Waals surface area (Å²) in [5.41, 5.74) is 0. The third-order valence-electron chi connectivity index (χ3n) is 9.68. The molecule has 4 aliphatic heterocycles. The van der Waals surface area contributed by atoms with E-state index in [4.69, 9.17) is 37.7 Å². The smallest absolute Gasteiger partial charge is 1.00 e. The van der Waals surface area contributed by atoms with E-state index in [1.165, 1.54) is 4.72 Å². The molecule has 73 heavy (non-hydrogen) atoms. The SMILES string of the molecule is CC(=O)N[C@@H]1[C@@H](O)[C@H](O[C@@H]2O[C@H](C(=O)O)[C@@H](O[C@@H]3O[C@H](CO)[C@@H](O[C@H]4O[C@@H](C(=O)O)[C@H](O)[C@@H](O)[C@@H]4OS(=O)(=O)O)[C@H](OS(=O)(=O)O)[C@H]3NS(=O)(=O)O)[C@H](O)[C@H]2OS(=O)(=O)O)[C@H](COS(=O)(=O)O)O[C@H]1O.[Ca+2].[Cl-].[Cl-]. The fourth-order valence-electron chi connectivity index (χ4n) is 7.05. The van der Waals surface area contributed by atoms with Gasteiger partial charge in [-0.1, -0.05) is 0 Å². The molecule has 4 saturated heterocycles. The predicted molar refractivity (Wildman–Crippen MR) is 206 cm³/mol. The van der Waals surface area contributed by atoms with Gasteiger partial charge in [0.25, 0.3) is 0 Å². The van der Waals surface area contributed by atoms with Gasteiger partial charge in [0, 0.05) is 6.92 Å². The largest absolute Gasteiger partial charge is 2.00 e. The van der Waals surface area contributed by atoms with E-state index in [9.17, 15) is 116 Å². The van der Waals surface area contributed by atoms with E-state index in [2.05, 4.69) is 16.7 Å². The number of carboxylic acid groups (broad SMARTS) is 2. The molecule has 0 aromatic heterocycles. The topological polar surface area (TPSA) is 610 Å². The van der Waals surface area contributed by atoms with Crippen LogP contribution in [0.5, 0.6) is 0 Å². The standard InChI is InChI=1S/C26H42N2O37S5.Ca.2ClH/c1-4(30)27-7-9(31)13(6(56-23(7)39)3-55-67(43,44)45)58-26-19(65-70(52,53)54)12(34)16(20(62-26)22(37)38)60-24-8(28-66(40,41)42)15(63-68(46,47)48)14(5(2-29)57-24)59-25-18(64-69(49,50)51)11(33)10(32)17(61-25)21(35)36;;;/h5-20,23-26,28-29,31-34,39H,2-3H2,1H3,(H,27,30)(H,35,36)(H,37,38)(H,40,41,42)(H,43,44,45)(H,46,47,48)(H,49,50,51)(H,52,53,54);;2*1H/q;+2;;/p-2/t5-,6+,7-,8-,9-,10-,11-,12+,13-,14-,15-,16+,17-,18+,19-,20+,23-,24+,25+,26-;;;/m1.../s1. The van der Waals surface area contributed by atoms with E-state index in [0.717, 1.165) is 6.92 Å². The zero-order chi connectivity index (χ0) is 53.4. The zero-order valence-corrected chi connectivity index (χ0v) is 43.4. The number of hydrogen-bond donors (Lipinski definition) is 15. The monoisotopic (exact) mass is 1240 g/mol. The summed E-state index contributed by atoms with van der Waals surface area (Å²) in [4.78, 5) is 36.4. The molecule has 39 nitrogen and oxygen atoms in total. The van der Waals surface area contributed by atoms with Gasteiger partial charge in [0.1, 0.15) is 73.1 Å². The Morgan fingerprint density at radius 1 is 0.521 bits per heavy atom. The Bertz CT molecular complexity index is 2460. The molecule has 0 unspecified atom stereocenters. The van der Waals surface area contributed by atoms with Crippen molar-refractivity contribution in [3.05, 3.63) is 0 Å². The maximum absolute atomic E-state index is 12.7. The molecule has 15 N–H and O–H groups in total. The van der Waals surface area contributed by atoms with Crippen LogP contribution < -0.4 is 34.9 Å². The molecule has 4 fully saturated rings. The van der Waals surface area contributed by atoms with E-state index < -0.39 is 206 Å². The Hall–Kier alpha value is -0.920. The summed E-state index contributed by atoms with van der Waals surface area (Å²) in [6, 6.07) is -4.96. The Balaban J connectivity index is 0.00000888. The molecule has 20 atom stereocenters. The van der Waals surface area contributed by atoms with Crippen LogP contribution in [0.4, 0.5) is 0 Å². The van der Waals surface area contributed by atoms with Crippen LogP contribution in [-0.2, 0) is 116 Å². The van der Waals surface area contributed by atoms with Gasteiger partial charge in [-0.15, -0.1) is 0 Å². The average Bonchev–Trinajstić information content (AvgIpc) is 3.18. The second-order valence-electron chi connectivity index (χ2n) is 14.6. The number of carboxylic acids is 2. The molecular weight excluding hydrogens is 1200 g/mol. The van der Waals surface area contributed by atoms with E-state index in [1.807, 2.05) is 5.32 Å². The summed E-state index contributed by atoms with van der Waals surface area (Å²) in [6.45, 7) is -2.24. The first kappa shape index (κ1) is 70.1. The molecule has 1 amide bonds. The van der Waals surface area contributed by atoms with Crippen LogP contribution in [-0.4, -0.2) is 297 Å². The molecule has 0 aliphatic carbocycles.